The smallest absolute Gasteiger partial charge is 0.291 e. The standard InChI is InChI=1S/C28H21BrClNO5/c1-3-12-35-22-10-8-16(13-23(22)34-2)25-24-26(32)19-14-18(29)9-11-21(19)36-27(24)28(33)31(25)15-17-6-4-5-7-20(17)30/h3-11,13-14,25H,1,12,15H2,2H3. The van der Waals surface area contributed by atoms with E-state index in [1.54, 1.807) is 47.4 Å². The Hall–Kier alpha value is -3.55. The first-order valence-corrected chi connectivity index (χ1v) is 12.3. The summed E-state index contributed by atoms with van der Waals surface area (Å²) in [7, 11) is 1.54. The highest BCUT2D eigenvalue weighted by Crippen LogP contribution is 2.42. The van der Waals surface area contributed by atoms with Crippen molar-refractivity contribution in [1.29, 1.82) is 0 Å². The number of nitrogens with zero attached hydrogens (tertiary/aromatic N) is 1. The highest BCUT2D eigenvalue weighted by molar-refractivity contribution is 9.10. The number of halogens is 2. The first-order chi connectivity index (χ1) is 17.4. The number of methoxy groups -OCH3 is 1. The second-order valence-electron chi connectivity index (χ2n) is 8.25. The van der Waals surface area contributed by atoms with Gasteiger partial charge in [-0.3, -0.25) is 9.59 Å². The zero-order valence-corrected chi connectivity index (χ0v) is 21.6. The van der Waals surface area contributed by atoms with Crippen LogP contribution in [0.5, 0.6) is 11.5 Å². The van der Waals surface area contributed by atoms with Crippen molar-refractivity contribution in [2.75, 3.05) is 13.7 Å². The van der Waals surface area contributed by atoms with E-state index in [0.717, 1.165) is 10.0 Å². The van der Waals surface area contributed by atoms with Crippen LogP contribution in [0, 0.1) is 0 Å². The fraction of sp³-hybridized carbons (Fsp3) is 0.143. The third-order valence-corrected chi connectivity index (χ3v) is 6.95. The molecule has 0 spiro atoms. The van der Waals surface area contributed by atoms with Crippen LogP contribution in [0.25, 0.3) is 11.0 Å². The van der Waals surface area contributed by atoms with Gasteiger partial charge in [-0.15, -0.1) is 0 Å². The van der Waals surface area contributed by atoms with Crippen LogP contribution in [-0.4, -0.2) is 24.5 Å². The number of rotatable bonds is 7. The van der Waals surface area contributed by atoms with Crippen LogP contribution >= 0.6 is 27.5 Å². The summed E-state index contributed by atoms with van der Waals surface area (Å²) in [6, 6.07) is 17.1. The zero-order chi connectivity index (χ0) is 25.4. The SMILES string of the molecule is C=CCOc1ccc(C2c3c(oc4ccc(Br)cc4c3=O)C(=O)N2Cc2ccccc2Cl)cc1OC. The average Bonchev–Trinajstić information content (AvgIpc) is 3.16. The second-order valence-corrected chi connectivity index (χ2v) is 9.57. The predicted molar refractivity (Wildman–Crippen MR) is 142 cm³/mol. The minimum absolute atomic E-state index is 0.0258. The van der Waals surface area contributed by atoms with Gasteiger partial charge in [0.05, 0.1) is 24.1 Å². The molecule has 5 rings (SSSR count). The molecular weight excluding hydrogens is 546 g/mol. The molecule has 0 saturated carbocycles. The van der Waals surface area contributed by atoms with E-state index < -0.39 is 6.04 Å². The molecule has 1 atom stereocenters. The van der Waals surface area contributed by atoms with Crippen molar-refractivity contribution in [2.24, 2.45) is 0 Å². The molecule has 8 heteroatoms. The average molecular weight is 567 g/mol. The topological polar surface area (TPSA) is 69.0 Å². The maximum Gasteiger partial charge on any atom is 0.291 e. The van der Waals surface area contributed by atoms with Crippen molar-refractivity contribution in [3.05, 3.63) is 115 Å². The molecule has 1 aliphatic heterocycles. The van der Waals surface area contributed by atoms with Gasteiger partial charge >= 0.3 is 0 Å². The van der Waals surface area contributed by atoms with Gasteiger partial charge in [0.25, 0.3) is 5.91 Å². The van der Waals surface area contributed by atoms with Crippen LogP contribution in [0.4, 0.5) is 0 Å². The molecule has 0 aliphatic carbocycles. The van der Waals surface area contributed by atoms with Gasteiger partial charge in [-0.25, -0.2) is 0 Å². The molecule has 0 N–H and O–H groups in total. The number of amides is 1. The first-order valence-electron chi connectivity index (χ1n) is 11.1. The van der Waals surface area contributed by atoms with E-state index in [4.69, 9.17) is 25.5 Å². The van der Waals surface area contributed by atoms with Crippen molar-refractivity contribution in [3.63, 3.8) is 0 Å². The first kappa shape index (κ1) is 24.2. The Balaban J connectivity index is 1.71. The summed E-state index contributed by atoms with van der Waals surface area (Å²) < 4.78 is 18.0. The fourth-order valence-electron chi connectivity index (χ4n) is 4.43. The highest BCUT2D eigenvalue weighted by Gasteiger charge is 2.43. The normalized spacial score (nSPS) is 14.7. The Kier molecular flexibility index (Phi) is 6.60. The van der Waals surface area contributed by atoms with Crippen LogP contribution in [0.2, 0.25) is 5.02 Å². The molecule has 1 amide bonds. The van der Waals surface area contributed by atoms with Crippen molar-refractivity contribution >= 4 is 44.4 Å². The molecule has 1 aromatic heterocycles. The van der Waals surface area contributed by atoms with E-state index in [0.29, 0.717) is 39.7 Å². The minimum Gasteiger partial charge on any atom is -0.493 e. The van der Waals surface area contributed by atoms with Crippen molar-refractivity contribution in [1.82, 2.24) is 4.90 Å². The molecule has 4 aromatic rings. The van der Waals surface area contributed by atoms with Crippen LogP contribution in [-0.2, 0) is 6.54 Å². The lowest BCUT2D eigenvalue weighted by molar-refractivity contribution is 0.0714. The molecule has 0 saturated heterocycles. The molecule has 36 heavy (non-hydrogen) atoms. The number of hydrogen-bond donors (Lipinski definition) is 0. The maximum atomic E-state index is 13.8. The van der Waals surface area contributed by atoms with Gasteiger partial charge in [-0.2, -0.15) is 0 Å². The van der Waals surface area contributed by atoms with Crippen LogP contribution in [0.1, 0.15) is 33.3 Å². The quantitative estimate of drug-likeness (QED) is 0.238. The molecule has 1 aliphatic rings. The highest BCUT2D eigenvalue weighted by atomic mass is 79.9. The Morgan fingerprint density at radius 1 is 1.11 bits per heavy atom. The molecule has 0 radical (unpaired) electrons. The number of carbonyl (C=O) groups excluding carboxylic acids is 1. The van der Waals surface area contributed by atoms with Gasteiger partial charge in [0.1, 0.15) is 12.2 Å². The second kappa shape index (κ2) is 9.84. The summed E-state index contributed by atoms with van der Waals surface area (Å²) in [6.45, 7) is 4.17. The van der Waals surface area contributed by atoms with Crippen molar-refractivity contribution in [2.45, 2.75) is 12.6 Å². The summed E-state index contributed by atoms with van der Waals surface area (Å²) in [5, 5.41) is 0.914. The molecule has 182 valence electrons. The fourth-order valence-corrected chi connectivity index (χ4v) is 4.99. The molecule has 0 bridgehead atoms. The Bertz CT molecular complexity index is 1560. The van der Waals surface area contributed by atoms with Crippen LogP contribution in [0.15, 0.2) is 87.0 Å². The van der Waals surface area contributed by atoms with Crippen molar-refractivity contribution in [3.8, 4) is 11.5 Å². The van der Waals surface area contributed by atoms with E-state index in [1.807, 2.05) is 24.3 Å². The number of hydrogen-bond acceptors (Lipinski definition) is 5. The lowest BCUT2D eigenvalue weighted by Gasteiger charge is -2.26. The van der Waals surface area contributed by atoms with Crippen LogP contribution in [0.3, 0.4) is 0 Å². The van der Waals surface area contributed by atoms with Gasteiger partial charge in [0.15, 0.2) is 16.9 Å². The number of fused-ring (bicyclic) bond motifs is 2. The largest absolute Gasteiger partial charge is 0.493 e. The number of benzene rings is 3. The molecule has 2 heterocycles. The maximum absolute atomic E-state index is 13.8. The summed E-state index contributed by atoms with van der Waals surface area (Å²) in [6.07, 6.45) is 1.64. The van der Waals surface area contributed by atoms with Crippen molar-refractivity contribution < 1.29 is 18.7 Å². The Morgan fingerprint density at radius 2 is 1.92 bits per heavy atom. The van der Waals surface area contributed by atoms with Gasteiger partial charge in [0.2, 0.25) is 5.76 Å². The lowest BCUT2D eigenvalue weighted by atomic mass is 9.97. The summed E-state index contributed by atoms with van der Waals surface area (Å²) >= 11 is 9.85. The third-order valence-electron chi connectivity index (χ3n) is 6.09. The Morgan fingerprint density at radius 3 is 2.67 bits per heavy atom. The summed E-state index contributed by atoms with van der Waals surface area (Å²) in [5.41, 5.74) is 1.79. The summed E-state index contributed by atoms with van der Waals surface area (Å²) in [5.74, 6) is 0.638. The molecule has 0 fully saturated rings. The molecule has 1 unspecified atom stereocenters. The predicted octanol–water partition coefficient (Wildman–Crippen LogP) is 6.53. The monoisotopic (exact) mass is 565 g/mol. The third kappa shape index (κ3) is 4.18. The summed E-state index contributed by atoms with van der Waals surface area (Å²) in [4.78, 5) is 29.1. The van der Waals surface area contributed by atoms with Gasteiger partial charge < -0.3 is 18.8 Å². The number of carbonyl (C=O) groups is 1. The molecular formula is C28H21BrClNO5. The van der Waals surface area contributed by atoms with Gasteiger partial charge in [-0.05, 0) is 47.5 Å². The zero-order valence-electron chi connectivity index (χ0n) is 19.3. The van der Waals surface area contributed by atoms with E-state index in [1.165, 1.54) is 7.11 Å². The lowest BCUT2D eigenvalue weighted by Crippen LogP contribution is -2.29. The molecule has 6 nitrogen and oxygen atoms in total. The van der Waals surface area contributed by atoms with E-state index >= 15 is 0 Å². The van der Waals surface area contributed by atoms with E-state index in [-0.39, 0.29) is 29.2 Å². The van der Waals surface area contributed by atoms with Crippen LogP contribution < -0.4 is 14.9 Å². The number of ether oxygens (including phenoxy) is 2. The minimum atomic E-state index is -0.717. The van der Waals surface area contributed by atoms with E-state index in [2.05, 4.69) is 22.5 Å². The van der Waals surface area contributed by atoms with Gasteiger partial charge in [-0.1, -0.05) is 64.5 Å². The van der Waals surface area contributed by atoms with Gasteiger partial charge in [0, 0.05) is 16.0 Å². The van der Waals surface area contributed by atoms with E-state index in [9.17, 15) is 9.59 Å². The molecule has 3 aromatic carbocycles. The Labute approximate surface area is 220 Å².